The molecule has 2 aliphatic carbocycles. The van der Waals surface area contributed by atoms with Crippen LogP contribution in [0.5, 0.6) is 0 Å². The van der Waals surface area contributed by atoms with Crippen LogP contribution in [0.15, 0.2) is 35.5 Å². The summed E-state index contributed by atoms with van der Waals surface area (Å²) in [6, 6.07) is 10.5. The lowest BCUT2D eigenvalue weighted by Crippen LogP contribution is -2.33. The summed E-state index contributed by atoms with van der Waals surface area (Å²) < 4.78 is 0. The van der Waals surface area contributed by atoms with Gasteiger partial charge in [-0.05, 0) is 36.7 Å². The molecule has 0 bridgehead atoms. The molecular formula is C16H21NO. The average Bonchev–Trinajstić information content (AvgIpc) is 2.46. The molecule has 0 unspecified atom stereocenters. The molecule has 0 radical (unpaired) electrons. The molecule has 2 saturated carbocycles. The van der Waals surface area contributed by atoms with Crippen molar-refractivity contribution in [3.63, 3.8) is 0 Å². The lowest BCUT2D eigenvalue weighted by Gasteiger charge is -2.39. The highest BCUT2D eigenvalue weighted by molar-refractivity contribution is 5.91. The van der Waals surface area contributed by atoms with Crippen molar-refractivity contribution < 1.29 is 5.21 Å². The molecular weight excluding hydrogens is 222 g/mol. The number of hydrogen-bond acceptors (Lipinski definition) is 2. The molecule has 2 heteroatoms. The van der Waals surface area contributed by atoms with E-state index in [1.54, 1.807) is 0 Å². The third-order valence-electron chi connectivity index (χ3n) is 4.81. The molecule has 2 fully saturated rings. The Kier molecular flexibility index (Phi) is 3.35. The normalized spacial score (nSPS) is 34.2. The number of hydrogen-bond donors (Lipinski definition) is 1. The Morgan fingerprint density at radius 1 is 1.00 bits per heavy atom. The van der Waals surface area contributed by atoms with Gasteiger partial charge in [-0.15, -0.1) is 0 Å². The Morgan fingerprint density at radius 2 is 1.72 bits per heavy atom. The summed E-state index contributed by atoms with van der Waals surface area (Å²) in [5.74, 6) is 1.95. The van der Waals surface area contributed by atoms with E-state index < -0.39 is 0 Å². The molecule has 1 aromatic rings. The van der Waals surface area contributed by atoms with Gasteiger partial charge in [0.05, 0.1) is 5.71 Å². The minimum atomic E-state index is 0.343. The van der Waals surface area contributed by atoms with E-state index in [1.807, 2.05) is 6.07 Å². The number of fused-ring (bicyclic) bond motifs is 1. The summed E-state index contributed by atoms with van der Waals surface area (Å²) in [6.07, 6.45) is 7.61. The molecule has 3 rings (SSSR count). The zero-order chi connectivity index (χ0) is 12.4. The largest absolute Gasteiger partial charge is 0.411 e. The van der Waals surface area contributed by atoms with Crippen molar-refractivity contribution in [2.45, 2.75) is 44.4 Å². The fourth-order valence-electron chi connectivity index (χ4n) is 3.84. The van der Waals surface area contributed by atoms with Crippen LogP contribution in [0.2, 0.25) is 0 Å². The first-order valence-electron chi connectivity index (χ1n) is 7.14. The van der Waals surface area contributed by atoms with Gasteiger partial charge in [-0.25, -0.2) is 0 Å². The highest BCUT2D eigenvalue weighted by Crippen LogP contribution is 2.44. The summed E-state index contributed by atoms with van der Waals surface area (Å²) in [5.41, 5.74) is 2.32. The van der Waals surface area contributed by atoms with Gasteiger partial charge in [-0.1, -0.05) is 54.8 Å². The Bertz CT molecular complexity index is 426. The third-order valence-corrected chi connectivity index (χ3v) is 4.81. The Balaban J connectivity index is 1.85. The predicted octanol–water partition coefficient (Wildman–Crippen LogP) is 4.20. The van der Waals surface area contributed by atoms with Gasteiger partial charge in [-0.3, -0.25) is 0 Å². The van der Waals surface area contributed by atoms with Crippen molar-refractivity contribution in [2.75, 3.05) is 0 Å². The van der Waals surface area contributed by atoms with Gasteiger partial charge in [0.15, 0.2) is 0 Å². The van der Waals surface area contributed by atoms with E-state index in [4.69, 9.17) is 0 Å². The third kappa shape index (κ3) is 2.16. The zero-order valence-electron chi connectivity index (χ0n) is 10.8. The second kappa shape index (κ2) is 5.13. The molecule has 18 heavy (non-hydrogen) atoms. The first-order chi connectivity index (χ1) is 8.88. The van der Waals surface area contributed by atoms with Crippen LogP contribution in [0.25, 0.3) is 0 Å². The van der Waals surface area contributed by atoms with Crippen LogP contribution < -0.4 is 0 Å². The van der Waals surface area contributed by atoms with E-state index >= 15 is 0 Å². The fourth-order valence-corrected chi connectivity index (χ4v) is 3.84. The molecule has 1 N–H and O–H groups in total. The Labute approximate surface area is 109 Å². The molecule has 0 aliphatic heterocycles. The summed E-state index contributed by atoms with van der Waals surface area (Å²) in [4.78, 5) is 0. The predicted molar refractivity (Wildman–Crippen MR) is 73.1 cm³/mol. The summed E-state index contributed by atoms with van der Waals surface area (Å²) in [6.45, 7) is 0. The molecule has 0 aromatic heterocycles. The molecule has 96 valence electrons. The van der Waals surface area contributed by atoms with Crippen LogP contribution in [0.3, 0.4) is 0 Å². The maximum absolute atomic E-state index is 9.30. The standard InChI is InChI=1S/C16H21NO/c18-17-16-11-14-9-5-4-8-13(14)10-15(16)12-6-2-1-3-7-12/h1-3,6-7,13-15,18H,4-5,8-11H2/b17-16+/t13-,14-,15+/m0/s1. The lowest BCUT2D eigenvalue weighted by molar-refractivity contribution is 0.203. The Hall–Kier alpha value is -1.31. The van der Waals surface area contributed by atoms with Gasteiger partial charge < -0.3 is 5.21 Å². The molecule has 1 aromatic carbocycles. The highest BCUT2D eigenvalue weighted by Gasteiger charge is 2.36. The monoisotopic (exact) mass is 243 g/mol. The smallest absolute Gasteiger partial charge is 0.0648 e. The van der Waals surface area contributed by atoms with Gasteiger partial charge >= 0.3 is 0 Å². The van der Waals surface area contributed by atoms with E-state index in [0.29, 0.717) is 5.92 Å². The SMILES string of the molecule is O/N=C1\C[C@@H]2CCCC[C@H]2C[C@@H]1c1ccccc1. The zero-order valence-corrected chi connectivity index (χ0v) is 10.8. The van der Waals surface area contributed by atoms with Gasteiger partial charge in [-0.2, -0.15) is 0 Å². The van der Waals surface area contributed by atoms with Crippen molar-refractivity contribution in [2.24, 2.45) is 17.0 Å². The van der Waals surface area contributed by atoms with Crippen molar-refractivity contribution in [1.29, 1.82) is 0 Å². The molecule has 3 atom stereocenters. The Morgan fingerprint density at radius 3 is 2.44 bits per heavy atom. The van der Waals surface area contributed by atoms with Gasteiger partial charge in [0.25, 0.3) is 0 Å². The van der Waals surface area contributed by atoms with Crippen molar-refractivity contribution in [3.8, 4) is 0 Å². The van der Waals surface area contributed by atoms with E-state index in [0.717, 1.165) is 24.0 Å². The topological polar surface area (TPSA) is 32.6 Å². The van der Waals surface area contributed by atoms with Gasteiger partial charge in [0.2, 0.25) is 0 Å². The van der Waals surface area contributed by atoms with Crippen LogP contribution in [-0.2, 0) is 0 Å². The second-order valence-corrected chi connectivity index (χ2v) is 5.80. The molecule has 2 aliphatic rings. The highest BCUT2D eigenvalue weighted by atomic mass is 16.4. The fraction of sp³-hybridized carbons (Fsp3) is 0.562. The lowest BCUT2D eigenvalue weighted by atomic mass is 9.65. The maximum atomic E-state index is 9.30. The number of oxime groups is 1. The van der Waals surface area contributed by atoms with Gasteiger partial charge in [0, 0.05) is 5.92 Å². The minimum Gasteiger partial charge on any atom is -0.411 e. The van der Waals surface area contributed by atoms with E-state index in [9.17, 15) is 5.21 Å². The van der Waals surface area contributed by atoms with Crippen LogP contribution >= 0.6 is 0 Å². The molecule has 0 heterocycles. The quantitative estimate of drug-likeness (QED) is 0.582. The molecule has 2 nitrogen and oxygen atoms in total. The number of nitrogens with zero attached hydrogens (tertiary/aromatic N) is 1. The van der Waals surface area contributed by atoms with Crippen LogP contribution in [0.1, 0.15) is 50.0 Å². The van der Waals surface area contributed by atoms with Crippen molar-refractivity contribution in [3.05, 3.63) is 35.9 Å². The van der Waals surface area contributed by atoms with Crippen LogP contribution in [-0.4, -0.2) is 10.9 Å². The van der Waals surface area contributed by atoms with Gasteiger partial charge in [0.1, 0.15) is 0 Å². The summed E-state index contributed by atoms with van der Waals surface area (Å²) in [5, 5.41) is 12.9. The summed E-state index contributed by atoms with van der Waals surface area (Å²) >= 11 is 0. The number of rotatable bonds is 1. The van der Waals surface area contributed by atoms with Crippen molar-refractivity contribution in [1.82, 2.24) is 0 Å². The van der Waals surface area contributed by atoms with E-state index in [-0.39, 0.29) is 0 Å². The molecule has 0 amide bonds. The first kappa shape index (κ1) is 11.8. The van der Waals surface area contributed by atoms with Crippen LogP contribution in [0, 0.1) is 11.8 Å². The van der Waals surface area contributed by atoms with Crippen molar-refractivity contribution >= 4 is 5.71 Å². The second-order valence-electron chi connectivity index (χ2n) is 5.80. The van der Waals surface area contributed by atoms with E-state index in [1.165, 1.54) is 37.7 Å². The first-order valence-corrected chi connectivity index (χ1v) is 7.14. The molecule has 0 spiro atoms. The molecule has 0 saturated heterocycles. The maximum Gasteiger partial charge on any atom is 0.0648 e. The average molecular weight is 243 g/mol. The van der Waals surface area contributed by atoms with E-state index in [2.05, 4.69) is 29.4 Å². The summed E-state index contributed by atoms with van der Waals surface area (Å²) in [7, 11) is 0. The van der Waals surface area contributed by atoms with Crippen LogP contribution in [0.4, 0.5) is 0 Å². The number of benzene rings is 1. The minimum absolute atomic E-state index is 0.343.